The third-order valence-electron chi connectivity index (χ3n) is 3.18. The molecular weight excluding hydrogens is 198 g/mol. The smallest absolute Gasteiger partial charge is 0.0954 e. The molecule has 1 aliphatic carbocycles. The van der Waals surface area contributed by atoms with Gasteiger partial charge < -0.3 is 10.3 Å². The molecule has 0 amide bonds. The lowest BCUT2D eigenvalue weighted by Crippen LogP contribution is -2.06. The number of nitrogens with two attached hydrogens (primary N) is 1. The van der Waals surface area contributed by atoms with Gasteiger partial charge in [0.25, 0.3) is 0 Å². The van der Waals surface area contributed by atoms with Gasteiger partial charge in [-0.05, 0) is 18.9 Å². The van der Waals surface area contributed by atoms with Crippen molar-refractivity contribution in [1.29, 1.82) is 0 Å². The Balaban J connectivity index is 2.00. The Kier molecular flexibility index (Phi) is 2.07. The first-order valence-corrected chi connectivity index (χ1v) is 5.60. The van der Waals surface area contributed by atoms with Crippen molar-refractivity contribution in [3.8, 4) is 11.3 Å². The van der Waals surface area contributed by atoms with Crippen molar-refractivity contribution in [2.24, 2.45) is 5.73 Å². The standard InChI is InChI=1S/C13H15N3/c1-9-2-4-10(5-3-9)13-7-15-8-16(13)12-6-11(12)14/h2-5,7-8,11-12H,6,14H2,1H3. The molecule has 3 rings (SSSR count). The van der Waals surface area contributed by atoms with Crippen molar-refractivity contribution in [1.82, 2.24) is 9.55 Å². The van der Waals surface area contributed by atoms with Crippen LogP contribution in [-0.4, -0.2) is 15.6 Å². The number of hydrogen-bond donors (Lipinski definition) is 1. The number of aromatic nitrogens is 2. The summed E-state index contributed by atoms with van der Waals surface area (Å²) in [7, 11) is 0. The summed E-state index contributed by atoms with van der Waals surface area (Å²) >= 11 is 0. The predicted molar refractivity (Wildman–Crippen MR) is 64.0 cm³/mol. The van der Waals surface area contributed by atoms with E-state index in [-0.39, 0.29) is 0 Å². The molecule has 1 fully saturated rings. The predicted octanol–water partition coefficient (Wildman–Crippen LogP) is 2.13. The molecule has 2 aromatic rings. The van der Waals surface area contributed by atoms with E-state index < -0.39 is 0 Å². The summed E-state index contributed by atoms with van der Waals surface area (Å²) in [5.41, 5.74) is 9.53. The molecule has 82 valence electrons. The zero-order chi connectivity index (χ0) is 11.1. The molecule has 2 atom stereocenters. The number of aryl methyl sites for hydroxylation is 1. The number of nitrogens with zero attached hydrogens (tertiary/aromatic N) is 2. The minimum Gasteiger partial charge on any atom is -0.326 e. The van der Waals surface area contributed by atoms with E-state index in [1.54, 1.807) is 0 Å². The van der Waals surface area contributed by atoms with Crippen LogP contribution in [0.5, 0.6) is 0 Å². The van der Waals surface area contributed by atoms with Gasteiger partial charge >= 0.3 is 0 Å². The van der Waals surface area contributed by atoms with Gasteiger partial charge in [0.1, 0.15) is 0 Å². The highest BCUT2D eigenvalue weighted by molar-refractivity contribution is 5.59. The summed E-state index contributed by atoms with van der Waals surface area (Å²) < 4.78 is 2.19. The monoisotopic (exact) mass is 213 g/mol. The Morgan fingerprint density at radius 1 is 1.31 bits per heavy atom. The summed E-state index contributed by atoms with van der Waals surface area (Å²) in [5.74, 6) is 0. The van der Waals surface area contributed by atoms with Crippen LogP contribution in [0.4, 0.5) is 0 Å². The Morgan fingerprint density at radius 3 is 2.62 bits per heavy atom. The second-order valence-corrected chi connectivity index (χ2v) is 4.52. The minimum atomic E-state index is 0.304. The molecule has 3 heteroatoms. The van der Waals surface area contributed by atoms with Crippen molar-refractivity contribution >= 4 is 0 Å². The van der Waals surface area contributed by atoms with E-state index in [2.05, 4.69) is 40.7 Å². The largest absolute Gasteiger partial charge is 0.326 e. The molecule has 2 N–H and O–H groups in total. The van der Waals surface area contributed by atoms with Gasteiger partial charge in [-0.3, -0.25) is 0 Å². The van der Waals surface area contributed by atoms with Gasteiger partial charge in [-0.2, -0.15) is 0 Å². The van der Waals surface area contributed by atoms with Crippen molar-refractivity contribution in [2.75, 3.05) is 0 Å². The van der Waals surface area contributed by atoms with Crippen molar-refractivity contribution in [2.45, 2.75) is 25.4 Å². The van der Waals surface area contributed by atoms with Crippen LogP contribution in [0.25, 0.3) is 11.3 Å². The second-order valence-electron chi connectivity index (χ2n) is 4.52. The first-order chi connectivity index (χ1) is 7.75. The highest BCUT2D eigenvalue weighted by Gasteiger charge is 2.36. The van der Waals surface area contributed by atoms with Crippen LogP contribution in [0.1, 0.15) is 18.0 Å². The third-order valence-corrected chi connectivity index (χ3v) is 3.18. The van der Waals surface area contributed by atoms with Crippen LogP contribution in [-0.2, 0) is 0 Å². The summed E-state index contributed by atoms with van der Waals surface area (Å²) in [5, 5.41) is 0. The van der Waals surface area contributed by atoms with Gasteiger partial charge in [-0.1, -0.05) is 29.8 Å². The van der Waals surface area contributed by atoms with E-state index in [9.17, 15) is 0 Å². The second kappa shape index (κ2) is 3.46. The van der Waals surface area contributed by atoms with Crippen molar-refractivity contribution in [3.63, 3.8) is 0 Å². The molecule has 1 aliphatic rings. The summed E-state index contributed by atoms with van der Waals surface area (Å²) in [6, 6.07) is 9.27. The zero-order valence-electron chi connectivity index (χ0n) is 9.30. The van der Waals surface area contributed by atoms with Crippen LogP contribution in [0.15, 0.2) is 36.8 Å². The quantitative estimate of drug-likeness (QED) is 0.830. The molecule has 16 heavy (non-hydrogen) atoms. The van der Waals surface area contributed by atoms with Crippen molar-refractivity contribution in [3.05, 3.63) is 42.4 Å². The fourth-order valence-corrected chi connectivity index (χ4v) is 2.04. The van der Waals surface area contributed by atoms with E-state index in [1.165, 1.54) is 11.1 Å². The maximum atomic E-state index is 5.88. The van der Waals surface area contributed by atoms with Crippen LogP contribution in [0, 0.1) is 6.92 Å². The van der Waals surface area contributed by atoms with E-state index in [1.807, 2.05) is 12.5 Å². The molecule has 0 radical (unpaired) electrons. The van der Waals surface area contributed by atoms with Crippen LogP contribution >= 0.6 is 0 Å². The zero-order valence-corrected chi connectivity index (χ0v) is 9.30. The highest BCUT2D eigenvalue weighted by Crippen LogP contribution is 2.37. The summed E-state index contributed by atoms with van der Waals surface area (Å²) in [6.45, 7) is 2.10. The third kappa shape index (κ3) is 1.53. The topological polar surface area (TPSA) is 43.8 Å². The van der Waals surface area contributed by atoms with Gasteiger partial charge in [-0.25, -0.2) is 4.98 Å². The Bertz CT molecular complexity index is 498. The van der Waals surface area contributed by atoms with Crippen LogP contribution in [0.2, 0.25) is 0 Å². The van der Waals surface area contributed by atoms with E-state index >= 15 is 0 Å². The lowest BCUT2D eigenvalue weighted by molar-refractivity contribution is 0.718. The number of rotatable bonds is 2. The molecular formula is C13H15N3. The molecule has 1 aromatic carbocycles. The average molecular weight is 213 g/mol. The number of benzene rings is 1. The minimum absolute atomic E-state index is 0.304. The highest BCUT2D eigenvalue weighted by atomic mass is 15.1. The average Bonchev–Trinajstić information content (AvgIpc) is 2.82. The molecule has 1 aromatic heterocycles. The van der Waals surface area contributed by atoms with Crippen molar-refractivity contribution < 1.29 is 0 Å². The number of hydrogen-bond acceptors (Lipinski definition) is 2. The molecule has 0 spiro atoms. The van der Waals surface area contributed by atoms with Gasteiger partial charge in [0.15, 0.2) is 0 Å². The Morgan fingerprint density at radius 2 is 2.00 bits per heavy atom. The maximum Gasteiger partial charge on any atom is 0.0954 e. The Labute approximate surface area is 94.9 Å². The molecule has 0 aliphatic heterocycles. The molecule has 3 nitrogen and oxygen atoms in total. The molecule has 1 heterocycles. The maximum absolute atomic E-state index is 5.88. The molecule has 1 saturated carbocycles. The van der Waals surface area contributed by atoms with E-state index in [0.717, 1.165) is 12.1 Å². The lowest BCUT2D eigenvalue weighted by Gasteiger charge is -2.07. The molecule has 0 saturated heterocycles. The van der Waals surface area contributed by atoms with Gasteiger partial charge in [0.2, 0.25) is 0 Å². The number of imidazole rings is 1. The SMILES string of the molecule is Cc1ccc(-c2cncn2C2CC2N)cc1. The van der Waals surface area contributed by atoms with Crippen LogP contribution < -0.4 is 5.73 Å². The molecule has 0 bridgehead atoms. The molecule has 2 unspecified atom stereocenters. The van der Waals surface area contributed by atoms with Gasteiger partial charge in [0, 0.05) is 6.04 Å². The first-order valence-electron chi connectivity index (χ1n) is 5.60. The lowest BCUT2D eigenvalue weighted by atomic mass is 10.1. The van der Waals surface area contributed by atoms with Gasteiger partial charge in [0.05, 0.1) is 24.3 Å². The Hall–Kier alpha value is -1.61. The fourth-order valence-electron chi connectivity index (χ4n) is 2.04. The first kappa shape index (κ1) is 9.60. The fraction of sp³-hybridized carbons (Fsp3) is 0.308. The normalized spacial score (nSPS) is 23.4. The van der Waals surface area contributed by atoms with E-state index in [0.29, 0.717) is 12.1 Å². The van der Waals surface area contributed by atoms with Crippen LogP contribution in [0.3, 0.4) is 0 Å². The summed E-state index contributed by atoms with van der Waals surface area (Å²) in [4.78, 5) is 4.22. The summed E-state index contributed by atoms with van der Waals surface area (Å²) in [6.07, 6.45) is 4.86. The van der Waals surface area contributed by atoms with Gasteiger partial charge in [-0.15, -0.1) is 0 Å². The van der Waals surface area contributed by atoms with E-state index in [4.69, 9.17) is 5.73 Å².